The third-order valence-electron chi connectivity index (χ3n) is 4.64. The Hall–Kier alpha value is -3.48. The Bertz CT molecular complexity index is 1060. The van der Waals surface area contributed by atoms with Crippen molar-refractivity contribution in [3.63, 3.8) is 0 Å². The quantitative estimate of drug-likeness (QED) is 0.696. The molecule has 6 nitrogen and oxygen atoms in total. The van der Waals surface area contributed by atoms with Gasteiger partial charge < -0.3 is 10.1 Å². The van der Waals surface area contributed by atoms with Gasteiger partial charge in [0.15, 0.2) is 0 Å². The zero-order valence-corrected chi connectivity index (χ0v) is 16.5. The molecule has 1 aromatic heterocycles. The number of hydrogen-bond acceptors (Lipinski definition) is 4. The van der Waals surface area contributed by atoms with Gasteiger partial charge in [0.25, 0.3) is 5.56 Å². The number of aromatic nitrogens is 2. The van der Waals surface area contributed by atoms with E-state index >= 15 is 0 Å². The predicted octanol–water partition coefficient (Wildman–Crippen LogP) is 3.11. The molecule has 3 aromatic rings. The van der Waals surface area contributed by atoms with E-state index in [4.69, 9.17) is 4.74 Å². The highest BCUT2D eigenvalue weighted by molar-refractivity contribution is 5.83. The minimum Gasteiger partial charge on any atom is -0.497 e. The van der Waals surface area contributed by atoms with Crippen molar-refractivity contribution < 1.29 is 13.9 Å². The lowest BCUT2D eigenvalue weighted by molar-refractivity contribution is -0.129. The molecule has 0 saturated carbocycles. The van der Waals surface area contributed by atoms with E-state index in [1.54, 1.807) is 39.2 Å². The first kappa shape index (κ1) is 20.3. The van der Waals surface area contributed by atoms with Crippen LogP contribution in [0.15, 0.2) is 65.5 Å². The minimum atomic E-state index is -1.22. The second-order valence-corrected chi connectivity index (χ2v) is 7.07. The number of carbonyl (C=O) groups is 1. The maximum Gasteiger partial charge on any atom is 0.267 e. The van der Waals surface area contributed by atoms with Crippen molar-refractivity contribution in [1.82, 2.24) is 15.1 Å². The van der Waals surface area contributed by atoms with Crippen LogP contribution in [0.2, 0.25) is 0 Å². The first-order valence-electron chi connectivity index (χ1n) is 9.09. The summed E-state index contributed by atoms with van der Waals surface area (Å²) in [6, 6.07) is 16.0. The zero-order valence-electron chi connectivity index (χ0n) is 16.5. The Kier molecular flexibility index (Phi) is 5.77. The standard InChI is InChI=1S/C22H22FN3O3/c1-22(2,21(28)24-14-15-4-10-18(29-3)11-5-15)26-20(27)13-12-19(25-26)16-6-8-17(23)9-7-16/h4-13H,14H2,1-3H3,(H,24,28). The lowest BCUT2D eigenvalue weighted by Gasteiger charge is -2.25. The zero-order chi connectivity index (χ0) is 21.0. The molecule has 29 heavy (non-hydrogen) atoms. The van der Waals surface area contributed by atoms with Gasteiger partial charge in [0, 0.05) is 18.2 Å². The van der Waals surface area contributed by atoms with Crippen LogP contribution in [-0.2, 0) is 16.9 Å². The molecule has 7 heteroatoms. The van der Waals surface area contributed by atoms with Crippen molar-refractivity contribution >= 4 is 5.91 Å². The van der Waals surface area contributed by atoms with Crippen LogP contribution in [0, 0.1) is 5.82 Å². The SMILES string of the molecule is COc1ccc(CNC(=O)C(C)(C)n2nc(-c3ccc(F)cc3)ccc2=O)cc1. The third-order valence-corrected chi connectivity index (χ3v) is 4.64. The van der Waals surface area contributed by atoms with E-state index in [9.17, 15) is 14.0 Å². The Morgan fingerprint density at radius 1 is 1.07 bits per heavy atom. The van der Waals surface area contributed by atoms with E-state index in [1.165, 1.54) is 18.2 Å². The van der Waals surface area contributed by atoms with E-state index in [0.717, 1.165) is 16.0 Å². The summed E-state index contributed by atoms with van der Waals surface area (Å²) in [6.45, 7) is 3.55. The molecule has 1 heterocycles. The molecule has 0 bridgehead atoms. The number of nitrogens with one attached hydrogen (secondary N) is 1. The Morgan fingerprint density at radius 3 is 2.34 bits per heavy atom. The fourth-order valence-electron chi connectivity index (χ4n) is 2.82. The van der Waals surface area contributed by atoms with Gasteiger partial charge in [-0.25, -0.2) is 9.07 Å². The number of hydrogen-bond donors (Lipinski definition) is 1. The van der Waals surface area contributed by atoms with Gasteiger partial charge in [0.05, 0.1) is 12.8 Å². The summed E-state index contributed by atoms with van der Waals surface area (Å²) in [6.07, 6.45) is 0. The summed E-state index contributed by atoms with van der Waals surface area (Å²) in [5, 5.41) is 7.19. The molecule has 0 unspecified atom stereocenters. The molecule has 0 fully saturated rings. The normalized spacial score (nSPS) is 11.2. The molecule has 3 rings (SSSR count). The lowest BCUT2D eigenvalue weighted by Crippen LogP contribution is -2.49. The van der Waals surface area contributed by atoms with Crippen molar-refractivity contribution in [1.29, 1.82) is 0 Å². The van der Waals surface area contributed by atoms with Gasteiger partial charge >= 0.3 is 0 Å². The topological polar surface area (TPSA) is 73.2 Å². The largest absolute Gasteiger partial charge is 0.497 e. The van der Waals surface area contributed by atoms with Crippen LogP contribution in [0.5, 0.6) is 5.75 Å². The van der Waals surface area contributed by atoms with Crippen molar-refractivity contribution in [2.24, 2.45) is 0 Å². The molecule has 1 amide bonds. The highest BCUT2D eigenvalue weighted by atomic mass is 19.1. The van der Waals surface area contributed by atoms with Crippen molar-refractivity contribution in [3.8, 4) is 17.0 Å². The van der Waals surface area contributed by atoms with Crippen LogP contribution in [0.4, 0.5) is 4.39 Å². The molecule has 0 atom stereocenters. The van der Waals surface area contributed by atoms with E-state index in [2.05, 4.69) is 10.4 Å². The summed E-state index contributed by atoms with van der Waals surface area (Å²) in [4.78, 5) is 25.2. The van der Waals surface area contributed by atoms with E-state index in [-0.39, 0.29) is 11.7 Å². The molecule has 0 saturated heterocycles. The van der Waals surface area contributed by atoms with Crippen molar-refractivity contribution in [2.75, 3.05) is 7.11 Å². The molecular weight excluding hydrogens is 373 g/mol. The maximum absolute atomic E-state index is 13.2. The predicted molar refractivity (Wildman–Crippen MR) is 108 cm³/mol. The average Bonchev–Trinajstić information content (AvgIpc) is 2.73. The highest BCUT2D eigenvalue weighted by Crippen LogP contribution is 2.19. The number of amides is 1. The summed E-state index contributed by atoms with van der Waals surface area (Å²) in [5.74, 6) is 0.0215. The Balaban J connectivity index is 1.81. The molecule has 0 spiro atoms. The Labute approximate surface area is 168 Å². The number of carbonyl (C=O) groups excluding carboxylic acids is 1. The van der Waals surface area contributed by atoms with Gasteiger partial charge in [-0.05, 0) is 61.9 Å². The molecule has 0 aliphatic heterocycles. The fraction of sp³-hybridized carbons (Fsp3) is 0.227. The maximum atomic E-state index is 13.2. The van der Waals surface area contributed by atoms with E-state index in [1.807, 2.05) is 24.3 Å². The van der Waals surface area contributed by atoms with Gasteiger partial charge in [-0.15, -0.1) is 0 Å². The number of ether oxygens (including phenoxy) is 1. The van der Waals surface area contributed by atoms with Crippen LogP contribution < -0.4 is 15.6 Å². The molecular formula is C22H22FN3O3. The number of nitrogens with zero attached hydrogens (tertiary/aromatic N) is 2. The van der Waals surface area contributed by atoms with Crippen LogP contribution >= 0.6 is 0 Å². The minimum absolute atomic E-state index is 0.304. The molecule has 1 N–H and O–H groups in total. The number of methoxy groups -OCH3 is 1. The van der Waals surface area contributed by atoms with Gasteiger partial charge in [0.2, 0.25) is 5.91 Å². The molecule has 0 aliphatic rings. The number of halogens is 1. The highest BCUT2D eigenvalue weighted by Gasteiger charge is 2.32. The first-order chi connectivity index (χ1) is 13.8. The van der Waals surface area contributed by atoms with E-state index < -0.39 is 11.1 Å². The van der Waals surface area contributed by atoms with Gasteiger partial charge in [-0.3, -0.25) is 9.59 Å². The molecule has 150 valence electrons. The summed E-state index contributed by atoms with van der Waals surface area (Å²) in [7, 11) is 1.59. The molecule has 0 radical (unpaired) electrons. The monoisotopic (exact) mass is 395 g/mol. The lowest BCUT2D eigenvalue weighted by atomic mass is 10.0. The smallest absolute Gasteiger partial charge is 0.267 e. The summed E-state index contributed by atoms with van der Waals surface area (Å²) in [5.41, 5.74) is 0.394. The first-order valence-corrected chi connectivity index (χ1v) is 9.09. The van der Waals surface area contributed by atoms with Crippen LogP contribution in [0.1, 0.15) is 19.4 Å². The Morgan fingerprint density at radius 2 is 1.72 bits per heavy atom. The van der Waals surface area contributed by atoms with Crippen molar-refractivity contribution in [2.45, 2.75) is 25.9 Å². The summed E-state index contributed by atoms with van der Waals surface area (Å²) < 4.78 is 19.4. The number of rotatable bonds is 6. The number of benzene rings is 2. The van der Waals surface area contributed by atoms with Gasteiger partial charge in [-0.1, -0.05) is 12.1 Å². The second-order valence-electron chi connectivity index (χ2n) is 7.07. The summed E-state index contributed by atoms with van der Waals surface area (Å²) >= 11 is 0. The van der Waals surface area contributed by atoms with Crippen molar-refractivity contribution in [3.05, 3.63) is 82.4 Å². The van der Waals surface area contributed by atoms with E-state index in [0.29, 0.717) is 17.8 Å². The molecule has 0 aliphatic carbocycles. The second kappa shape index (κ2) is 8.26. The third kappa shape index (κ3) is 4.51. The van der Waals surface area contributed by atoms with Gasteiger partial charge in [-0.2, -0.15) is 5.10 Å². The van der Waals surface area contributed by atoms with Crippen LogP contribution in [-0.4, -0.2) is 22.8 Å². The van der Waals surface area contributed by atoms with Gasteiger partial charge in [0.1, 0.15) is 17.1 Å². The van der Waals surface area contributed by atoms with Crippen LogP contribution in [0.25, 0.3) is 11.3 Å². The fourth-order valence-corrected chi connectivity index (χ4v) is 2.82. The molecule has 2 aromatic carbocycles. The average molecular weight is 395 g/mol. The van der Waals surface area contributed by atoms with Crippen LogP contribution in [0.3, 0.4) is 0 Å².